The lowest BCUT2D eigenvalue weighted by atomic mass is 10.2. The molecule has 0 aliphatic rings. The summed E-state index contributed by atoms with van der Waals surface area (Å²) < 4.78 is 3.43. The molecule has 16 heavy (non-hydrogen) atoms. The number of hydrogen-bond donors (Lipinski definition) is 1. The van der Waals surface area contributed by atoms with Crippen molar-refractivity contribution in [1.82, 2.24) is 9.88 Å². The molecule has 0 fully saturated rings. The van der Waals surface area contributed by atoms with Gasteiger partial charge in [0.25, 0.3) is 0 Å². The average Bonchev–Trinajstić information content (AvgIpc) is 2.60. The number of halogens is 1. The Labute approximate surface area is 105 Å². The molecule has 0 aliphatic carbocycles. The smallest absolute Gasteiger partial charge is 0.0481 e. The zero-order valence-corrected chi connectivity index (χ0v) is 11.3. The van der Waals surface area contributed by atoms with Crippen LogP contribution in [0.25, 0.3) is 10.9 Å². The SMILES string of the molecule is CC(C)NCCn1ccc2cc(Br)ccc21. The van der Waals surface area contributed by atoms with Crippen LogP contribution in [0.3, 0.4) is 0 Å². The standard InChI is InChI=1S/C13H17BrN2/c1-10(2)15-6-8-16-7-5-11-9-12(14)3-4-13(11)16/h3-5,7,9-10,15H,6,8H2,1-2H3. The average molecular weight is 281 g/mol. The van der Waals surface area contributed by atoms with E-state index in [2.05, 4.69) is 70.1 Å². The Morgan fingerprint density at radius 3 is 2.88 bits per heavy atom. The molecule has 0 radical (unpaired) electrons. The largest absolute Gasteiger partial charge is 0.346 e. The Bertz CT molecular complexity index is 474. The summed E-state index contributed by atoms with van der Waals surface area (Å²) in [5.74, 6) is 0. The number of hydrogen-bond acceptors (Lipinski definition) is 1. The lowest BCUT2D eigenvalue weighted by Gasteiger charge is -2.09. The van der Waals surface area contributed by atoms with Gasteiger partial charge in [0.2, 0.25) is 0 Å². The fourth-order valence-electron chi connectivity index (χ4n) is 1.84. The summed E-state index contributed by atoms with van der Waals surface area (Å²) in [6.45, 7) is 6.37. The number of nitrogens with one attached hydrogen (secondary N) is 1. The molecule has 0 amide bonds. The molecule has 2 aromatic rings. The van der Waals surface area contributed by atoms with Gasteiger partial charge in [-0.15, -0.1) is 0 Å². The first-order chi connectivity index (χ1) is 7.66. The molecule has 0 aliphatic heterocycles. The van der Waals surface area contributed by atoms with Crippen LogP contribution in [0, 0.1) is 0 Å². The fraction of sp³-hybridized carbons (Fsp3) is 0.385. The summed E-state index contributed by atoms with van der Waals surface area (Å²) in [7, 11) is 0. The molecule has 0 spiro atoms. The lowest BCUT2D eigenvalue weighted by Crippen LogP contribution is -2.26. The van der Waals surface area contributed by atoms with E-state index in [4.69, 9.17) is 0 Å². The van der Waals surface area contributed by atoms with Gasteiger partial charge in [-0.25, -0.2) is 0 Å². The van der Waals surface area contributed by atoms with Crippen molar-refractivity contribution in [3.8, 4) is 0 Å². The highest BCUT2D eigenvalue weighted by molar-refractivity contribution is 9.10. The van der Waals surface area contributed by atoms with Gasteiger partial charge in [-0.1, -0.05) is 29.8 Å². The van der Waals surface area contributed by atoms with Gasteiger partial charge >= 0.3 is 0 Å². The highest BCUT2D eigenvalue weighted by Gasteiger charge is 2.01. The van der Waals surface area contributed by atoms with Crippen molar-refractivity contribution in [2.24, 2.45) is 0 Å². The molecule has 0 bridgehead atoms. The van der Waals surface area contributed by atoms with Crippen LogP contribution in [0.15, 0.2) is 34.9 Å². The van der Waals surface area contributed by atoms with Gasteiger partial charge in [0.05, 0.1) is 0 Å². The summed E-state index contributed by atoms with van der Waals surface area (Å²) in [4.78, 5) is 0. The van der Waals surface area contributed by atoms with Gasteiger partial charge in [0, 0.05) is 40.7 Å². The molecule has 2 rings (SSSR count). The highest BCUT2D eigenvalue weighted by Crippen LogP contribution is 2.20. The molecule has 0 atom stereocenters. The van der Waals surface area contributed by atoms with Gasteiger partial charge in [-0.3, -0.25) is 0 Å². The molecular weight excluding hydrogens is 264 g/mol. The van der Waals surface area contributed by atoms with Crippen LogP contribution in [0.2, 0.25) is 0 Å². The van der Waals surface area contributed by atoms with E-state index in [9.17, 15) is 0 Å². The molecular formula is C13H17BrN2. The minimum absolute atomic E-state index is 0.552. The zero-order chi connectivity index (χ0) is 11.5. The summed E-state index contributed by atoms with van der Waals surface area (Å²) in [6.07, 6.45) is 2.15. The van der Waals surface area contributed by atoms with Crippen molar-refractivity contribution in [1.29, 1.82) is 0 Å². The molecule has 1 N–H and O–H groups in total. The van der Waals surface area contributed by atoms with Crippen LogP contribution >= 0.6 is 15.9 Å². The molecule has 0 saturated heterocycles. The maximum Gasteiger partial charge on any atom is 0.0481 e. The number of nitrogens with zero attached hydrogens (tertiary/aromatic N) is 1. The number of aromatic nitrogens is 1. The van der Waals surface area contributed by atoms with Crippen molar-refractivity contribution >= 4 is 26.8 Å². The van der Waals surface area contributed by atoms with E-state index in [1.54, 1.807) is 0 Å². The third-order valence-electron chi connectivity index (χ3n) is 2.64. The third-order valence-corrected chi connectivity index (χ3v) is 3.13. The van der Waals surface area contributed by atoms with Gasteiger partial charge in [-0.2, -0.15) is 0 Å². The van der Waals surface area contributed by atoms with Gasteiger partial charge < -0.3 is 9.88 Å². The minimum atomic E-state index is 0.552. The molecule has 0 unspecified atom stereocenters. The monoisotopic (exact) mass is 280 g/mol. The van der Waals surface area contributed by atoms with E-state index in [0.29, 0.717) is 6.04 Å². The summed E-state index contributed by atoms with van der Waals surface area (Å²) in [5, 5.41) is 4.72. The maximum absolute atomic E-state index is 3.49. The minimum Gasteiger partial charge on any atom is -0.346 e. The second kappa shape index (κ2) is 5.02. The van der Waals surface area contributed by atoms with Crippen LogP contribution in [0.4, 0.5) is 0 Å². The van der Waals surface area contributed by atoms with Crippen LogP contribution in [0.5, 0.6) is 0 Å². The Morgan fingerprint density at radius 1 is 1.31 bits per heavy atom. The topological polar surface area (TPSA) is 17.0 Å². The molecule has 1 aromatic carbocycles. The number of rotatable bonds is 4. The van der Waals surface area contributed by atoms with E-state index in [0.717, 1.165) is 17.6 Å². The first kappa shape index (κ1) is 11.7. The normalized spacial score (nSPS) is 11.5. The quantitative estimate of drug-likeness (QED) is 0.908. The molecule has 0 saturated carbocycles. The number of benzene rings is 1. The van der Waals surface area contributed by atoms with Gasteiger partial charge in [0.15, 0.2) is 0 Å². The van der Waals surface area contributed by atoms with Crippen LogP contribution < -0.4 is 5.32 Å². The Balaban J connectivity index is 2.13. The van der Waals surface area contributed by atoms with Crippen molar-refractivity contribution in [3.05, 3.63) is 34.9 Å². The van der Waals surface area contributed by atoms with Crippen molar-refractivity contribution in [2.45, 2.75) is 26.4 Å². The van der Waals surface area contributed by atoms with Gasteiger partial charge in [0.1, 0.15) is 0 Å². The Morgan fingerprint density at radius 2 is 2.12 bits per heavy atom. The van der Waals surface area contributed by atoms with E-state index >= 15 is 0 Å². The maximum atomic E-state index is 3.49. The fourth-order valence-corrected chi connectivity index (χ4v) is 2.22. The molecule has 86 valence electrons. The molecule has 1 heterocycles. The highest BCUT2D eigenvalue weighted by atomic mass is 79.9. The van der Waals surface area contributed by atoms with Gasteiger partial charge in [-0.05, 0) is 24.3 Å². The second-order valence-electron chi connectivity index (χ2n) is 4.32. The first-order valence-corrected chi connectivity index (χ1v) is 6.44. The second-order valence-corrected chi connectivity index (χ2v) is 5.24. The summed E-state index contributed by atoms with van der Waals surface area (Å²) in [6, 6.07) is 9.12. The van der Waals surface area contributed by atoms with Crippen LogP contribution in [-0.2, 0) is 6.54 Å². The first-order valence-electron chi connectivity index (χ1n) is 5.64. The Kier molecular flexibility index (Phi) is 3.66. The predicted octanol–water partition coefficient (Wildman–Crippen LogP) is 3.40. The molecule has 3 heteroatoms. The van der Waals surface area contributed by atoms with E-state index in [1.807, 2.05) is 0 Å². The van der Waals surface area contributed by atoms with Crippen molar-refractivity contribution < 1.29 is 0 Å². The van der Waals surface area contributed by atoms with Crippen LogP contribution in [0.1, 0.15) is 13.8 Å². The predicted molar refractivity (Wildman–Crippen MR) is 72.8 cm³/mol. The van der Waals surface area contributed by atoms with Crippen molar-refractivity contribution in [2.75, 3.05) is 6.54 Å². The van der Waals surface area contributed by atoms with E-state index < -0.39 is 0 Å². The van der Waals surface area contributed by atoms with E-state index in [1.165, 1.54) is 10.9 Å². The van der Waals surface area contributed by atoms with Crippen LogP contribution in [-0.4, -0.2) is 17.2 Å². The third kappa shape index (κ3) is 2.66. The van der Waals surface area contributed by atoms with E-state index in [-0.39, 0.29) is 0 Å². The summed E-state index contributed by atoms with van der Waals surface area (Å²) in [5.41, 5.74) is 1.30. The number of fused-ring (bicyclic) bond motifs is 1. The Hall–Kier alpha value is -0.800. The van der Waals surface area contributed by atoms with Crippen molar-refractivity contribution in [3.63, 3.8) is 0 Å². The summed E-state index contributed by atoms with van der Waals surface area (Å²) >= 11 is 3.49. The zero-order valence-electron chi connectivity index (χ0n) is 9.70. The molecule has 1 aromatic heterocycles. The lowest BCUT2D eigenvalue weighted by molar-refractivity contribution is 0.548. The molecule has 2 nitrogen and oxygen atoms in total.